The van der Waals surface area contributed by atoms with Crippen molar-refractivity contribution < 1.29 is 4.58 Å². The maximum atomic E-state index is 2.43. The smallest absolute Gasteiger partial charge is 0.161 e. The normalized spacial score (nSPS) is 13.4. The van der Waals surface area contributed by atoms with Crippen LogP contribution in [0.4, 0.5) is 0 Å². The summed E-state index contributed by atoms with van der Waals surface area (Å²) in [5.41, 5.74) is 0. The van der Waals surface area contributed by atoms with Gasteiger partial charge in [0, 0.05) is 11.8 Å². The maximum Gasteiger partial charge on any atom is 0.161 e. The van der Waals surface area contributed by atoms with Gasteiger partial charge in [-0.3, -0.25) is 0 Å². The van der Waals surface area contributed by atoms with Gasteiger partial charge in [0.15, 0.2) is 6.54 Å². The summed E-state index contributed by atoms with van der Waals surface area (Å²) in [7, 11) is 0. The average Bonchev–Trinajstić information content (AvgIpc) is 2.10. The summed E-state index contributed by atoms with van der Waals surface area (Å²) in [6.45, 7) is 13.5. The molecule has 0 aliphatic heterocycles. The predicted molar refractivity (Wildman–Crippen MR) is 69.8 cm³/mol. The molecule has 0 radical (unpaired) electrons. The lowest BCUT2D eigenvalue weighted by Gasteiger charge is -2.05. The Hall–Kier alpha value is -0.590. The first kappa shape index (κ1) is 14.4. The SMILES string of the molecule is CCC/C=C/C[N+](=CC(C)C)CC(C)C. The first-order valence-electron chi connectivity index (χ1n) is 6.30. The molecule has 0 spiro atoms. The molecule has 0 aliphatic rings. The van der Waals surface area contributed by atoms with Crippen LogP contribution in [0.3, 0.4) is 0 Å². The lowest BCUT2D eigenvalue weighted by molar-refractivity contribution is -0.521. The van der Waals surface area contributed by atoms with Crippen molar-refractivity contribution in [3.63, 3.8) is 0 Å². The maximum absolute atomic E-state index is 2.43. The summed E-state index contributed by atoms with van der Waals surface area (Å²) >= 11 is 0. The molecule has 0 aliphatic carbocycles. The summed E-state index contributed by atoms with van der Waals surface area (Å²) in [6, 6.07) is 0. The highest BCUT2D eigenvalue weighted by molar-refractivity contribution is 5.53. The quantitative estimate of drug-likeness (QED) is 0.342. The van der Waals surface area contributed by atoms with Gasteiger partial charge in [0.05, 0.1) is 0 Å². The van der Waals surface area contributed by atoms with E-state index in [0.29, 0.717) is 5.92 Å². The molecule has 0 saturated carbocycles. The number of allylic oxidation sites excluding steroid dienone is 1. The second-order valence-electron chi connectivity index (χ2n) is 5.00. The summed E-state index contributed by atoms with van der Waals surface area (Å²) in [4.78, 5) is 0. The fourth-order valence-corrected chi connectivity index (χ4v) is 1.58. The number of unbranched alkanes of at least 4 members (excludes halogenated alkanes) is 1. The van der Waals surface area contributed by atoms with Crippen molar-refractivity contribution in [3.05, 3.63) is 12.2 Å². The van der Waals surface area contributed by atoms with Crippen LogP contribution in [0, 0.1) is 11.8 Å². The van der Waals surface area contributed by atoms with Crippen molar-refractivity contribution in [2.24, 2.45) is 11.8 Å². The molecule has 0 fully saturated rings. The molecular weight excluding hydrogens is 182 g/mol. The van der Waals surface area contributed by atoms with E-state index in [1.54, 1.807) is 0 Å². The number of hydrogen-bond acceptors (Lipinski definition) is 0. The number of hydrogen-bond donors (Lipinski definition) is 0. The molecule has 0 atom stereocenters. The lowest BCUT2D eigenvalue weighted by atomic mass is 10.2. The Bertz CT molecular complexity index is 199. The Morgan fingerprint density at radius 1 is 1.07 bits per heavy atom. The predicted octanol–water partition coefficient (Wildman–Crippen LogP) is 3.74. The third kappa shape index (κ3) is 9.71. The van der Waals surface area contributed by atoms with E-state index >= 15 is 0 Å². The van der Waals surface area contributed by atoms with E-state index in [2.05, 4.69) is 57.6 Å². The van der Waals surface area contributed by atoms with Crippen molar-refractivity contribution in [2.75, 3.05) is 13.1 Å². The Morgan fingerprint density at radius 2 is 1.73 bits per heavy atom. The number of rotatable bonds is 7. The van der Waals surface area contributed by atoms with Crippen LogP contribution in [0.1, 0.15) is 47.5 Å². The zero-order valence-electron chi connectivity index (χ0n) is 11.2. The molecule has 0 heterocycles. The molecule has 88 valence electrons. The molecule has 0 bridgehead atoms. The van der Waals surface area contributed by atoms with Gasteiger partial charge < -0.3 is 0 Å². The molecule has 0 aromatic heterocycles. The highest BCUT2D eigenvalue weighted by Gasteiger charge is 2.06. The summed E-state index contributed by atoms with van der Waals surface area (Å²) in [5, 5.41) is 0. The summed E-state index contributed by atoms with van der Waals surface area (Å²) in [6.07, 6.45) is 9.38. The van der Waals surface area contributed by atoms with E-state index in [-0.39, 0.29) is 0 Å². The largest absolute Gasteiger partial charge is 0.235 e. The van der Waals surface area contributed by atoms with Crippen LogP contribution in [-0.2, 0) is 0 Å². The standard InChI is InChI=1S/C14H28N/c1-6-7-8-9-10-15(11-13(2)3)12-14(4)5/h8-9,11,13-14H,6-7,10,12H2,1-5H3/q+1/b9-8+,15-11?. The molecule has 0 amide bonds. The number of nitrogens with zero attached hydrogens (tertiary/aromatic N) is 1. The Labute approximate surface area is 95.9 Å². The van der Waals surface area contributed by atoms with Gasteiger partial charge in [-0.15, -0.1) is 0 Å². The van der Waals surface area contributed by atoms with E-state index < -0.39 is 0 Å². The van der Waals surface area contributed by atoms with Gasteiger partial charge in [-0.25, -0.2) is 4.58 Å². The molecule has 0 aromatic rings. The Morgan fingerprint density at radius 3 is 2.20 bits per heavy atom. The van der Waals surface area contributed by atoms with Crippen molar-refractivity contribution in [1.29, 1.82) is 0 Å². The van der Waals surface area contributed by atoms with Crippen molar-refractivity contribution in [3.8, 4) is 0 Å². The van der Waals surface area contributed by atoms with Crippen molar-refractivity contribution in [1.82, 2.24) is 0 Å². The Balaban J connectivity index is 4.13. The molecular formula is C14H28N+. The third-order valence-corrected chi connectivity index (χ3v) is 2.07. The van der Waals surface area contributed by atoms with Crippen LogP contribution >= 0.6 is 0 Å². The van der Waals surface area contributed by atoms with Gasteiger partial charge in [-0.1, -0.05) is 47.1 Å². The molecule has 0 rings (SSSR count). The van der Waals surface area contributed by atoms with Crippen LogP contribution in [0.2, 0.25) is 0 Å². The summed E-state index contributed by atoms with van der Waals surface area (Å²) in [5.74, 6) is 1.38. The molecule has 0 N–H and O–H groups in total. The van der Waals surface area contributed by atoms with Crippen LogP contribution in [-0.4, -0.2) is 23.9 Å². The first-order chi connectivity index (χ1) is 7.06. The van der Waals surface area contributed by atoms with Crippen LogP contribution < -0.4 is 0 Å². The third-order valence-electron chi connectivity index (χ3n) is 2.07. The van der Waals surface area contributed by atoms with Crippen molar-refractivity contribution in [2.45, 2.75) is 47.5 Å². The molecule has 0 unspecified atom stereocenters. The lowest BCUT2D eigenvalue weighted by Crippen LogP contribution is -2.21. The second kappa shape index (κ2) is 8.70. The fraction of sp³-hybridized carbons (Fsp3) is 0.786. The first-order valence-corrected chi connectivity index (χ1v) is 6.30. The minimum atomic E-state index is 0.642. The van der Waals surface area contributed by atoms with Gasteiger partial charge in [-0.05, 0) is 12.5 Å². The molecule has 0 aromatic carbocycles. The topological polar surface area (TPSA) is 3.01 Å². The zero-order valence-corrected chi connectivity index (χ0v) is 11.2. The molecule has 0 saturated heterocycles. The van der Waals surface area contributed by atoms with Crippen LogP contribution in [0.15, 0.2) is 12.2 Å². The van der Waals surface area contributed by atoms with Gasteiger partial charge in [0.2, 0.25) is 0 Å². The van der Waals surface area contributed by atoms with E-state index in [4.69, 9.17) is 0 Å². The highest BCUT2D eigenvalue weighted by Crippen LogP contribution is 1.96. The minimum absolute atomic E-state index is 0.642. The average molecular weight is 210 g/mol. The van der Waals surface area contributed by atoms with Crippen LogP contribution in [0.5, 0.6) is 0 Å². The monoisotopic (exact) mass is 210 g/mol. The summed E-state index contributed by atoms with van der Waals surface area (Å²) < 4.78 is 2.43. The molecule has 1 heteroatoms. The van der Waals surface area contributed by atoms with E-state index in [9.17, 15) is 0 Å². The second-order valence-corrected chi connectivity index (χ2v) is 5.00. The zero-order chi connectivity index (χ0) is 11.7. The fourth-order valence-electron chi connectivity index (χ4n) is 1.58. The highest BCUT2D eigenvalue weighted by atomic mass is 15.0. The Kier molecular flexibility index (Phi) is 8.35. The molecule has 1 nitrogen and oxygen atoms in total. The van der Waals surface area contributed by atoms with Gasteiger partial charge in [-0.2, -0.15) is 0 Å². The van der Waals surface area contributed by atoms with Crippen molar-refractivity contribution >= 4 is 6.21 Å². The van der Waals surface area contributed by atoms with Gasteiger partial charge >= 0.3 is 0 Å². The van der Waals surface area contributed by atoms with Gasteiger partial charge in [0.1, 0.15) is 12.8 Å². The van der Waals surface area contributed by atoms with Gasteiger partial charge in [0.25, 0.3) is 0 Å². The minimum Gasteiger partial charge on any atom is -0.235 e. The van der Waals surface area contributed by atoms with Crippen LogP contribution in [0.25, 0.3) is 0 Å². The van der Waals surface area contributed by atoms with E-state index in [0.717, 1.165) is 19.0 Å². The van der Waals surface area contributed by atoms with E-state index in [1.807, 2.05) is 0 Å². The molecule has 15 heavy (non-hydrogen) atoms. The van der Waals surface area contributed by atoms with E-state index in [1.165, 1.54) is 12.8 Å².